The highest BCUT2D eigenvalue weighted by molar-refractivity contribution is 5.78. The summed E-state index contributed by atoms with van der Waals surface area (Å²) in [7, 11) is 3.40. The lowest BCUT2D eigenvalue weighted by Crippen LogP contribution is -2.49. The Labute approximate surface area is 121 Å². The van der Waals surface area contributed by atoms with Gasteiger partial charge in [-0.2, -0.15) is 0 Å². The van der Waals surface area contributed by atoms with Gasteiger partial charge in [0.15, 0.2) is 0 Å². The van der Waals surface area contributed by atoms with Crippen molar-refractivity contribution >= 4 is 5.97 Å². The molecule has 0 aliphatic carbocycles. The summed E-state index contributed by atoms with van der Waals surface area (Å²) in [6, 6.07) is 0. The van der Waals surface area contributed by atoms with Gasteiger partial charge < -0.3 is 19.9 Å². The fourth-order valence-electron chi connectivity index (χ4n) is 2.77. The first-order valence-corrected chi connectivity index (χ1v) is 7.23. The molecule has 6 nitrogen and oxygen atoms in total. The summed E-state index contributed by atoms with van der Waals surface area (Å²) in [6.45, 7) is 6.89. The monoisotopic (exact) mass is 288 g/mol. The van der Waals surface area contributed by atoms with E-state index in [1.54, 1.807) is 21.1 Å². The maximum Gasteiger partial charge on any atom is 0.323 e. The standard InChI is InChI=1S/C14H28N2O4/c1-5-15-14(2,13(17)18)7-6-8-16-9-11(19-3)12(10-16)20-4/h11-12,15H,5-10H2,1-4H3,(H,17,18). The maximum atomic E-state index is 11.3. The molecule has 6 heteroatoms. The lowest BCUT2D eigenvalue weighted by molar-refractivity contribution is -0.144. The molecule has 20 heavy (non-hydrogen) atoms. The molecule has 0 bridgehead atoms. The Morgan fingerprint density at radius 2 is 1.90 bits per heavy atom. The number of nitrogens with zero attached hydrogens (tertiary/aromatic N) is 1. The lowest BCUT2D eigenvalue weighted by atomic mass is 9.96. The van der Waals surface area contributed by atoms with E-state index in [9.17, 15) is 9.90 Å². The minimum Gasteiger partial charge on any atom is -0.480 e. The Morgan fingerprint density at radius 1 is 1.35 bits per heavy atom. The fraction of sp³-hybridized carbons (Fsp3) is 0.929. The van der Waals surface area contributed by atoms with E-state index in [0.717, 1.165) is 26.1 Å². The van der Waals surface area contributed by atoms with Crippen LogP contribution in [0.5, 0.6) is 0 Å². The van der Waals surface area contributed by atoms with Crippen molar-refractivity contribution in [1.82, 2.24) is 10.2 Å². The molecule has 1 aliphatic heterocycles. The molecule has 118 valence electrons. The van der Waals surface area contributed by atoms with Crippen LogP contribution in [0.3, 0.4) is 0 Å². The third kappa shape index (κ3) is 4.41. The minimum atomic E-state index is -0.838. The van der Waals surface area contributed by atoms with Crippen LogP contribution in [-0.4, -0.2) is 74.1 Å². The Kier molecular flexibility index (Phi) is 6.88. The van der Waals surface area contributed by atoms with Crippen molar-refractivity contribution in [3.8, 4) is 0 Å². The van der Waals surface area contributed by atoms with E-state index in [1.807, 2.05) is 6.92 Å². The van der Waals surface area contributed by atoms with Crippen LogP contribution in [0.2, 0.25) is 0 Å². The van der Waals surface area contributed by atoms with Gasteiger partial charge in [0.25, 0.3) is 0 Å². The number of carboxylic acid groups (broad SMARTS) is 1. The number of carbonyl (C=O) groups is 1. The first-order chi connectivity index (χ1) is 9.46. The molecule has 0 amide bonds. The quantitative estimate of drug-likeness (QED) is 0.646. The van der Waals surface area contributed by atoms with Gasteiger partial charge in [0, 0.05) is 27.3 Å². The zero-order valence-corrected chi connectivity index (χ0v) is 13.0. The van der Waals surface area contributed by atoms with Crippen molar-refractivity contribution in [3.63, 3.8) is 0 Å². The number of carboxylic acids is 1. The molecular weight excluding hydrogens is 260 g/mol. The number of aliphatic carboxylic acids is 1. The van der Waals surface area contributed by atoms with E-state index in [0.29, 0.717) is 13.0 Å². The average molecular weight is 288 g/mol. The number of likely N-dealkylation sites (N-methyl/N-ethyl adjacent to an activating group) is 1. The minimum absolute atomic E-state index is 0.111. The van der Waals surface area contributed by atoms with Crippen LogP contribution in [0.25, 0.3) is 0 Å². The first kappa shape index (κ1) is 17.4. The number of hydrogen-bond acceptors (Lipinski definition) is 5. The Hall–Kier alpha value is -0.690. The first-order valence-electron chi connectivity index (χ1n) is 7.23. The summed E-state index contributed by atoms with van der Waals surface area (Å²) < 4.78 is 10.8. The van der Waals surface area contributed by atoms with Gasteiger partial charge in [0.1, 0.15) is 5.54 Å². The second-order valence-corrected chi connectivity index (χ2v) is 5.58. The maximum absolute atomic E-state index is 11.3. The number of rotatable bonds is 9. The number of methoxy groups -OCH3 is 2. The number of hydrogen-bond donors (Lipinski definition) is 2. The van der Waals surface area contributed by atoms with Crippen molar-refractivity contribution in [2.75, 3.05) is 40.4 Å². The second-order valence-electron chi connectivity index (χ2n) is 5.58. The van der Waals surface area contributed by atoms with Crippen LogP contribution >= 0.6 is 0 Å². The summed E-state index contributed by atoms with van der Waals surface area (Å²) in [5.41, 5.74) is -0.838. The molecule has 1 saturated heterocycles. The van der Waals surface area contributed by atoms with Gasteiger partial charge in [-0.15, -0.1) is 0 Å². The smallest absolute Gasteiger partial charge is 0.323 e. The molecule has 0 aromatic heterocycles. The van der Waals surface area contributed by atoms with Gasteiger partial charge in [0.05, 0.1) is 12.2 Å². The van der Waals surface area contributed by atoms with Crippen molar-refractivity contribution in [2.24, 2.45) is 0 Å². The van der Waals surface area contributed by atoms with Crippen LogP contribution < -0.4 is 5.32 Å². The fourth-order valence-corrected chi connectivity index (χ4v) is 2.77. The van der Waals surface area contributed by atoms with Crippen LogP contribution in [0, 0.1) is 0 Å². The van der Waals surface area contributed by atoms with Gasteiger partial charge >= 0.3 is 5.97 Å². The molecule has 0 aromatic carbocycles. The predicted molar refractivity (Wildman–Crippen MR) is 77.0 cm³/mol. The van der Waals surface area contributed by atoms with Crippen LogP contribution in [-0.2, 0) is 14.3 Å². The third-order valence-corrected chi connectivity index (χ3v) is 4.09. The molecule has 0 radical (unpaired) electrons. The molecule has 1 rings (SSSR count). The molecule has 1 heterocycles. The molecule has 1 aliphatic rings. The topological polar surface area (TPSA) is 71.0 Å². The molecule has 0 aromatic rings. The van der Waals surface area contributed by atoms with Crippen molar-refractivity contribution in [2.45, 2.75) is 44.4 Å². The molecule has 3 atom stereocenters. The van der Waals surface area contributed by atoms with Gasteiger partial charge in [-0.3, -0.25) is 9.69 Å². The molecule has 3 unspecified atom stereocenters. The normalized spacial score (nSPS) is 26.6. The predicted octanol–water partition coefficient (Wildman–Crippen LogP) is 0.565. The Balaban J connectivity index is 2.39. The third-order valence-electron chi connectivity index (χ3n) is 4.09. The highest BCUT2D eigenvalue weighted by Crippen LogP contribution is 2.18. The second kappa shape index (κ2) is 7.93. The molecule has 1 fully saturated rings. The lowest BCUT2D eigenvalue weighted by Gasteiger charge is -2.26. The van der Waals surface area contributed by atoms with Gasteiger partial charge in [0.2, 0.25) is 0 Å². The average Bonchev–Trinajstić information content (AvgIpc) is 2.81. The summed E-state index contributed by atoms with van der Waals surface area (Å²) in [5, 5.41) is 12.4. The van der Waals surface area contributed by atoms with E-state index in [1.165, 1.54) is 0 Å². The van der Waals surface area contributed by atoms with E-state index >= 15 is 0 Å². The van der Waals surface area contributed by atoms with E-state index in [-0.39, 0.29) is 12.2 Å². The summed E-state index contributed by atoms with van der Waals surface area (Å²) in [4.78, 5) is 13.6. The highest BCUT2D eigenvalue weighted by Gasteiger charge is 2.34. The summed E-state index contributed by atoms with van der Waals surface area (Å²) in [5.74, 6) is -0.787. The zero-order valence-electron chi connectivity index (χ0n) is 13.0. The van der Waals surface area contributed by atoms with Crippen molar-refractivity contribution in [1.29, 1.82) is 0 Å². The Morgan fingerprint density at radius 3 is 2.30 bits per heavy atom. The van der Waals surface area contributed by atoms with Crippen LogP contribution in [0.1, 0.15) is 26.7 Å². The molecule has 0 saturated carbocycles. The summed E-state index contributed by atoms with van der Waals surface area (Å²) >= 11 is 0. The van der Waals surface area contributed by atoms with E-state index < -0.39 is 11.5 Å². The van der Waals surface area contributed by atoms with Crippen LogP contribution in [0.15, 0.2) is 0 Å². The van der Waals surface area contributed by atoms with Crippen molar-refractivity contribution < 1.29 is 19.4 Å². The SMILES string of the molecule is CCNC(C)(CCCN1CC(OC)C(OC)C1)C(=O)O. The molecular formula is C14H28N2O4. The van der Waals surface area contributed by atoms with Gasteiger partial charge in [-0.25, -0.2) is 0 Å². The summed E-state index contributed by atoms with van der Waals surface area (Å²) in [6.07, 6.45) is 1.67. The van der Waals surface area contributed by atoms with Gasteiger partial charge in [-0.1, -0.05) is 6.92 Å². The number of nitrogens with one attached hydrogen (secondary N) is 1. The number of likely N-dealkylation sites (tertiary alicyclic amines) is 1. The largest absolute Gasteiger partial charge is 0.480 e. The molecule has 0 spiro atoms. The highest BCUT2D eigenvalue weighted by atomic mass is 16.5. The molecule has 2 N–H and O–H groups in total. The number of ether oxygens (including phenoxy) is 2. The van der Waals surface area contributed by atoms with E-state index in [2.05, 4.69) is 10.2 Å². The van der Waals surface area contributed by atoms with E-state index in [4.69, 9.17) is 9.47 Å². The Bertz CT molecular complexity index is 302. The van der Waals surface area contributed by atoms with Crippen LogP contribution in [0.4, 0.5) is 0 Å². The van der Waals surface area contributed by atoms with Crippen molar-refractivity contribution in [3.05, 3.63) is 0 Å². The zero-order chi connectivity index (χ0) is 15.2. The van der Waals surface area contributed by atoms with Gasteiger partial charge in [-0.05, 0) is 32.9 Å².